The Bertz CT molecular complexity index is 1080. The highest BCUT2D eigenvalue weighted by Crippen LogP contribution is 2.25. The number of urea groups is 1. The maximum absolute atomic E-state index is 12.2. The van der Waals surface area contributed by atoms with E-state index in [1.54, 1.807) is 21.9 Å². The Morgan fingerprint density at radius 3 is 2.73 bits per heavy atom. The minimum atomic E-state index is -3.19. The fourth-order valence-electron chi connectivity index (χ4n) is 4.11. The molecule has 1 N–H and O–H groups in total. The Kier molecular flexibility index (Phi) is 5.51. The summed E-state index contributed by atoms with van der Waals surface area (Å²) in [4.78, 5) is 27.4. The number of nitrogens with zero attached hydrogens (tertiary/aromatic N) is 5. The van der Waals surface area contributed by atoms with Crippen molar-refractivity contribution in [3.8, 4) is 0 Å². The molecule has 2 saturated heterocycles. The van der Waals surface area contributed by atoms with Gasteiger partial charge in [0, 0.05) is 51.4 Å². The van der Waals surface area contributed by atoms with Crippen molar-refractivity contribution in [1.82, 2.24) is 24.1 Å². The lowest BCUT2D eigenvalue weighted by molar-refractivity contribution is -0.120. The quantitative estimate of drug-likeness (QED) is 0.740. The fraction of sp³-hybridized carbons (Fsp3) is 0.526. The monoisotopic (exact) mass is 434 g/mol. The van der Waals surface area contributed by atoms with Crippen molar-refractivity contribution in [2.75, 3.05) is 36.8 Å². The molecule has 2 aromatic heterocycles. The smallest absolute Gasteiger partial charge is 0.296 e. The van der Waals surface area contributed by atoms with Gasteiger partial charge in [0.25, 0.3) is 0 Å². The van der Waals surface area contributed by atoms with Gasteiger partial charge in [0.05, 0.1) is 23.2 Å². The molecule has 0 radical (unpaired) electrons. The molecule has 4 heterocycles. The van der Waals surface area contributed by atoms with Crippen LogP contribution in [0.25, 0.3) is 5.52 Å². The second-order valence-electron chi connectivity index (χ2n) is 7.74. The molecule has 11 heteroatoms. The first kappa shape index (κ1) is 20.8. The van der Waals surface area contributed by atoms with E-state index in [9.17, 15) is 18.0 Å². The Morgan fingerprint density at radius 2 is 2.03 bits per heavy atom. The molecule has 0 aromatic carbocycles. The lowest BCUT2D eigenvalue weighted by Gasteiger charge is -2.38. The summed E-state index contributed by atoms with van der Waals surface area (Å²) in [5, 5.41) is 6.65. The Morgan fingerprint density at radius 1 is 1.23 bits per heavy atom. The number of anilines is 1. The molecule has 0 unspecified atom stereocenters. The summed E-state index contributed by atoms with van der Waals surface area (Å²) in [6.07, 6.45) is 3.74. The first-order chi connectivity index (χ1) is 14.3. The zero-order chi connectivity index (χ0) is 21.5. The summed E-state index contributed by atoms with van der Waals surface area (Å²) < 4.78 is 27.7. The Balaban J connectivity index is 1.51. The number of aromatic nitrogens is 2. The number of amides is 3. The molecule has 2 aliphatic heterocycles. The molecular weight excluding hydrogens is 408 g/mol. The van der Waals surface area contributed by atoms with Crippen molar-refractivity contribution in [1.29, 1.82) is 0 Å². The van der Waals surface area contributed by atoms with E-state index in [0.29, 0.717) is 38.4 Å². The van der Waals surface area contributed by atoms with Crippen LogP contribution in [0.1, 0.15) is 25.8 Å². The SMILES string of the molecule is CCS(=O)(=O)N1CCN(Cc2ccn3ncc(N4CCC(=O)NC4=O)c3c2)C[C@@H]1C. The molecule has 2 aromatic rings. The number of fused-ring (bicyclic) bond motifs is 1. The standard InChI is InChI=1S/C19H26N6O4S/c1-3-30(28,29)25-9-8-22(12-14(25)2)13-15-4-7-24-16(10-15)17(11-20-24)23-6-5-18(26)21-19(23)27/h4,7,10-11,14H,3,5-6,8-9,12-13H2,1-2H3,(H,21,26,27)/t14-/m0/s1. The van der Waals surface area contributed by atoms with Crippen molar-refractivity contribution >= 4 is 33.2 Å². The van der Waals surface area contributed by atoms with E-state index in [0.717, 1.165) is 11.1 Å². The lowest BCUT2D eigenvalue weighted by atomic mass is 10.1. The van der Waals surface area contributed by atoms with Gasteiger partial charge in [0.1, 0.15) is 0 Å². The van der Waals surface area contributed by atoms with E-state index in [1.165, 1.54) is 4.90 Å². The van der Waals surface area contributed by atoms with Crippen LogP contribution in [0.4, 0.5) is 10.5 Å². The second-order valence-corrected chi connectivity index (χ2v) is 9.96. The van der Waals surface area contributed by atoms with Crippen molar-refractivity contribution in [2.45, 2.75) is 32.9 Å². The predicted octanol–water partition coefficient (Wildman–Crippen LogP) is 0.636. The fourth-order valence-corrected chi connectivity index (χ4v) is 5.42. The lowest BCUT2D eigenvalue weighted by Crippen LogP contribution is -2.53. The van der Waals surface area contributed by atoms with E-state index in [-0.39, 0.29) is 24.1 Å². The molecular formula is C19H26N6O4S. The molecule has 0 aliphatic carbocycles. The summed E-state index contributed by atoms with van der Waals surface area (Å²) in [7, 11) is -3.19. The number of carbonyl (C=O) groups is 2. The van der Waals surface area contributed by atoms with Crippen molar-refractivity contribution < 1.29 is 18.0 Å². The summed E-state index contributed by atoms with van der Waals surface area (Å²) in [5.74, 6) is -0.153. The highest BCUT2D eigenvalue weighted by Gasteiger charge is 2.31. The van der Waals surface area contributed by atoms with Crippen LogP contribution in [-0.4, -0.2) is 77.1 Å². The third-order valence-corrected chi connectivity index (χ3v) is 7.68. The molecule has 2 aliphatic rings. The number of carbonyl (C=O) groups excluding carboxylic acids is 2. The zero-order valence-electron chi connectivity index (χ0n) is 17.1. The van der Waals surface area contributed by atoms with Gasteiger partial charge >= 0.3 is 6.03 Å². The number of hydrogen-bond acceptors (Lipinski definition) is 6. The maximum Gasteiger partial charge on any atom is 0.328 e. The van der Waals surface area contributed by atoms with Gasteiger partial charge in [-0.25, -0.2) is 17.7 Å². The highest BCUT2D eigenvalue weighted by molar-refractivity contribution is 7.89. The number of imide groups is 1. The molecule has 1 atom stereocenters. The van der Waals surface area contributed by atoms with Gasteiger partial charge in [-0.2, -0.15) is 9.40 Å². The Labute approximate surface area is 175 Å². The van der Waals surface area contributed by atoms with E-state index < -0.39 is 16.1 Å². The molecule has 0 spiro atoms. The van der Waals surface area contributed by atoms with E-state index in [1.807, 2.05) is 25.3 Å². The van der Waals surface area contributed by atoms with Crippen LogP contribution in [0.2, 0.25) is 0 Å². The molecule has 0 saturated carbocycles. The molecule has 3 amide bonds. The molecule has 4 rings (SSSR count). The van der Waals surface area contributed by atoms with E-state index in [2.05, 4.69) is 15.3 Å². The normalized spacial score (nSPS) is 21.9. The minimum Gasteiger partial charge on any atom is -0.296 e. The van der Waals surface area contributed by atoms with Crippen molar-refractivity contribution in [3.05, 3.63) is 30.1 Å². The molecule has 0 bridgehead atoms. The highest BCUT2D eigenvalue weighted by atomic mass is 32.2. The summed E-state index contributed by atoms with van der Waals surface area (Å²) >= 11 is 0. The van der Waals surface area contributed by atoms with Crippen molar-refractivity contribution in [3.63, 3.8) is 0 Å². The van der Waals surface area contributed by atoms with Gasteiger partial charge in [-0.05, 0) is 31.5 Å². The minimum absolute atomic E-state index is 0.0764. The van der Waals surface area contributed by atoms with Crippen LogP contribution in [0.5, 0.6) is 0 Å². The average molecular weight is 435 g/mol. The second kappa shape index (κ2) is 7.97. The summed E-state index contributed by atoms with van der Waals surface area (Å²) in [6, 6.07) is 3.45. The topological polar surface area (TPSA) is 107 Å². The van der Waals surface area contributed by atoms with Gasteiger partial charge in [-0.1, -0.05) is 0 Å². The van der Waals surface area contributed by atoms with Gasteiger partial charge in [-0.3, -0.25) is 19.9 Å². The van der Waals surface area contributed by atoms with Gasteiger partial charge < -0.3 is 0 Å². The number of pyridine rings is 1. The number of piperazine rings is 1. The third kappa shape index (κ3) is 3.92. The third-order valence-electron chi connectivity index (χ3n) is 5.69. The van der Waals surface area contributed by atoms with Gasteiger partial charge in [0.2, 0.25) is 15.9 Å². The van der Waals surface area contributed by atoms with Gasteiger partial charge in [0.15, 0.2) is 0 Å². The zero-order valence-corrected chi connectivity index (χ0v) is 17.9. The maximum atomic E-state index is 12.2. The number of rotatable bonds is 5. The molecule has 162 valence electrons. The van der Waals surface area contributed by atoms with Crippen LogP contribution in [-0.2, 0) is 21.4 Å². The largest absolute Gasteiger partial charge is 0.328 e. The van der Waals surface area contributed by atoms with Crippen LogP contribution in [0, 0.1) is 0 Å². The molecule has 10 nitrogen and oxygen atoms in total. The van der Waals surface area contributed by atoms with Crippen LogP contribution >= 0.6 is 0 Å². The van der Waals surface area contributed by atoms with Gasteiger partial charge in [-0.15, -0.1) is 0 Å². The first-order valence-electron chi connectivity index (χ1n) is 10.1. The Hall–Kier alpha value is -2.50. The van der Waals surface area contributed by atoms with Crippen LogP contribution < -0.4 is 10.2 Å². The van der Waals surface area contributed by atoms with Crippen molar-refractivity contribution in [2.24, 2.45) is 0 Å². The summed E-state index contributed by atoms with van der Waals surface area (Å²) in [6.45, 7) is 6.42. The predicted molar refractivity (Wildman–Crippen MR) is 112 cm³/mol. The number of hydrogen-bond donors (Lipinski definition) is 1. The summed E-state index contributed by atoms with van der Waals surface area (Å²) in [5.41, 5.74) is 2.50. The van der Waals surface area contributed by atoms with E-state index >= 15 is 0 Å². The molecule has 30 heavy (non-hydrogen) atoms. The van der Waals surface area contributed by atoms with Crippen LogP contribution in [0.3, 0.4) is 0 Å². The average Bonchev–Trinajstić information content (AvgIpc) is 3.11. The van der Waals surface area contributed by atoms with E-state index in [4.69, 9.17) is 0 Å². The molecule has 2 fully saturated rings. The first-order valence-corrected chi connectivity index (χ1v) is 11.7. The van der Waals surface area contributed by atoms with Crippen LogP contribution in [0.15, 0.2) is 24.5 Å². The number of sulfonamides is 1. The number of nitrogens with one attached hydrogen (secondary N) is 1.